The van der Waals surface area contributed by atoms with Crippen molar-refractivity contribution in [2.45, 2.75) is 19.4 Å². The molecular weight excluding hydrogens is 310 g/mol. The number of para-hydroxylation sites is 1. The third kappa shape index (κ3) is 2.04. The Hall–Kier alpha value is -2.40. The molecule has 116 valence electrons. The first-order valence-corrected chi connectivity index (χ1v) is 8.50. The molecule has 1 aliphatic heterocycles. The summed E-state index contributed by atoms with van der Waals surface area (Å²) >= 11 is 1.56. The van der Waals surface area contributed by atoms with Gasteiger partial charge in [-0.25, -0.2) is 0 Å². The minimum absolute atomic E-state index is 0.104. The third-order valence-electron chi connectivity index (χ3n) is 4.15. The number of benzene rings is 1. The van der Waals surface area contributed by atoms with E-state index in [1.165, 1.54) is 0 Å². The van der Waals surface area contributed by atoms with E-state index in [1.54, 1.807) is 34.4 Å². The number of nitrogens with zero attached hydrogens (tertiary/aromatic N) is 1. The molecule has 1 unspecified atom stereocenters. The average Bonchev–Trinajstić information content (AvgIpc) is 3.17. The number of carbonyl (C=O) groups is 1. The predicted octanol–water partition coefficient (Wildman–Crippen LogP) is 3.81. The summed E-state index contributed by atoms with van der Waals surface area (Å²) in [6, 6.07) is 10.7. The van der Waals surface area contributed by atoms with E-state index in [-0.39, 0.29) is 23.1 Å². The van der Waals surface area contributed by atoms with Gasteiger partial charge < -0.3 is 9.32 Å². The van der Waals surface area contributed by atoms with E-state index >= 15 is 0 Å². The highest BCUT2D eigenvalue weighted by molar-refractivity contribution is 7.10. The highest BCUT2D eigenvalue weighted by atomic mass is 32.1. The molecule has 0 N–H and O–H groups in total. The summed E-state index contributed by atoms with van der Waals surface area (Å²) in [5, 5.41) is 2.49. The Morgan fingerprint density at radius 2 is 2.00 bits per heavy atom. The normalized spacial score (nSPS) is 17.0. The van der Waals surface area contributed by atoms with Gasteiger partial charge >= 0.3 is 0 Å². The molecule has 3 heterocycles. The molecule has 23 heavy (non-hydrogen) atoms. The zero-order valence-electron chi connectivity index (χ0n) is 12.6. The van der Waals surface area contributed by atoms with Crippen LogP contribution >= 0.6 is 11.3 Å². The SMILES string of the molecule is CCCN1C(=O)c2oc3ccccc3c(=O)c2C1c1cccs1. The van der Waals surface area contributed by atoms with E-state index in [0.29, 0.717) is 23.1 Å². The van der Waals surface area contributed by atoms with Crippen LogP contribution in [0.15, 0.2) is 51.0 Å². The van der Waals surface area contributed by atoms with Crippen molar-refractivity contribution in [2.75, 3.05) is 6.54 Å². The summed E-state index contributed by atoms with van der Waals surface area (Å²) in [6.45, 7) is 2.62. The molecule has 0 saturated heterocycles. The van der Waals surface area contributed by atoms with Gasteiger partial charge in [-0.15, -0.1) is 11.3 Å². The van der Waals surface area contributed by atoms with Crippen LogP contribution in [0.4, 0.5) is 0 Å². The van der Waals surface area contributed by atoms with Crippen LogP contribution in [0.1, 0.15) is 40.4 Å². The van der Waals surface area contributed by atoms with Gasteiger partial charge in [-0.3, -0.25) is 9.59 Å². The van der Waals surface area contributed by atoms with Crippen LogP contribution in [0, 0.1) is 0 Å². The molecule has 5 heteroatoms. The van der Waals surface area contributed by atoms with Crippen LogP contribution in [0.5, 0.6) is 0 Å². The molecule has 0 bridgehead atoms. The third-order valence-corrected chi connectivity index (χ3v) is 5.08. The molecule has 3 aromatic rings. The van der Waals surface area contributed by atoms with Crippen LogP contribution in [0.25, 0.3) is 11.0 Å². The van der Waals surface area contributed by atoms with Crippen molar-refractivity contribution in [1.82, 2.24) is 4.90 Å². The van der Waals surface area contributed by atoms with E-state index in [2.05, 4.69) is 0 Å². The largest absolute Gasteiger partial charge is 0.450 e. The lowest BCUT2D eigenvalue weighted by atomic mass is 10.0. The van der Waals surface area contributed by atoms with Crippen molar-refractivity contribution in [3.8, 4) is 0 Å². The fourth-order valence-corrected chi connectivity index (χ4v) is 4.03. The van der Waals surface area contributed by atoms with E-state index in [1.807, 2.05) is 30.5 Å². The molecule has 1 atom stereocenters. The molecule has 4 rings (SSSR count). The number of carbonyl (C=O) groups excluding carboxylic acids is 1. The minimum atomic E-state index is -0.335. The van der Waals surface area contributed by atoms with Gasteiger partial charge in [0, 0.05) is 11.4 Å². The number of hydrogen-bond donors (Lipinski definition) is 0. The van der Waals surface area contributed by atoms with Gasteiger partial charge in [-0.05, 0) is 30.0 Å². The Labute approximate surface area is 137 Å². The highest BCUT2D eigenvalue weighted by Gasteiger charge is 2.42. The van der Waals surface area contributed by atoms with Crippen molar-refractivity contribution >= 4 is 28.2 Å². The Bertz CT molecular complexity index is 943. The minimum Gasteiger partial charge on any atom is -0.450 e. The molecule has 0 spiro atoms. The van der Waals surface area contributed by atoms with Crippen LogP contribution < -0.4 is 5.43 Å². The topological polar surface area (TPSA) is 50.5 Å². The Morgan fingerprint density at radius 3 is 2.74 bits per heavy atom. The first kappa shape index (κ1) is 14.2. The zero-order chi connectivity index (χ0) is 16.0. The molecule has 1 aliphatic rings. The zero-order valence-corrected chi connectivity index (χ0v) is 13.4. The molecule has 0 radical (unpaired) electrons. The second kappa shape index (κ2) is 5.35. The molecule has 1 aromatic carbocycles. The van der Waals surface area contributed by atoms with E-state index < -0.39 is 0 Å². The average molecular weight is 325 g/mol. The molecule has 0 aliphatic carbocycles. The van der Waals surface area contributed by atoms with Crippen molar-refractivity contribution in [1.29, 1.82) is 0 Å². The number of fused-ring (bicyclic) bond motifs is 2. The van der Waals surface area contributed by atoms with Crippen molar-refractivity contribution in [2.24, 2.45) is 0 Å². The van der Waals surface area contributed by atoms with Crippen LogP contribution in [-0.2, 0) is 0 Å². The quantitative estimate of drug-likeness (QED) is 0.736. The molecular formula is C18H15NO3S. The van der Waals surface area contributed by atoms with E-state index in [4.69, 9.17) is 4.42 Å². The molecule has 1 amide bonds. The molecule has 0 fully saturated rings. The number of amides is 1. The lowest BCUT2D eigenvalue weighted by Gasteiger charge is -2.23. The summed E-state index contributed by atoms with van der Waals surface area (Å²) in [7, 11) is 0. The van der Waals surface area contributed by atoms with Gasteiger partial charge in [0.25, 0.3) is 5.91 Å². The van der Waals surface area contributed by atoms with Crippen LogP contribution in [-0.4, -0.2) is 17.4 Å². The molecule has 2 aromatic heterocycles. The Morgan fingerprint density at radius 1 is 1.17 bits per heavy atom. The molecule has 0 saturated carbocycles. The first-order valence-electron chi connectivity index (χ1n) is 7.62. The lowest BCUT2D eigenvalue weighted by molar-refractivity contribution is 0.0730. The smallest absolute Gasteiger partial charge is 0.290 e. The Balaban J connectivity index is 2.03. The van der Waals surface area contributed by atoms with Crippen LogP contribution in [0.2, 0.25) is 0 Å². The van der Waals surface area contributed by atoms with Crippen molar-refractivity contribution in [3.63, 3.8) is 0 Å². The van der Waals surface area contributed by atoms with Gasteiger partial charge in [0.2, 0.25) is 5.76 Å². The van der Waals surface area contributed by atoms with Gasteiger partial charge in [0.05, 0.1) is 17.0 Å². The number of rotatable bonds is 3. The van der Waals surface area contributed by atoms with Gasteiger partial charge in [-0.1, -0.05) is 25.1 Å². The van der Waals surface area contributed by atoms with Crippen molar-refractivity contribution in [3.05, 3.63) is 68.2 Å². The highest BCUT2D eigenvalue weighted by Crippen LogP contribution is 2.39. The molecule has 4 nitrogen and oxygen atoms in total. The van der Waals surface area contributed by atoms with Crippen LogP contribution in [0.3, 0.4) is 0 Å². The monoisotopic (exact) mass is 325 g/mol. The summed E-state index contributed by atoms with van der Waals surface area (Å²) in [5.41, 5.74) is 0.838. The maximum atomic E-state index is 13.0. The maximum Gasteiger partial charge on any atom is 0.290 e. The summed E-state index contributed by atoms with van der Waals surface area (Å²) < 4.78 is 5.82. The maximum absolute atomic E-state index is 13.0. The second-order valence-electron chi connectivity index (χ2n) is 5.59. The summed E-state index contributed by atoms with van der Waals surface area (Å²) in [6.07, 6.45) is 0.829. The number of hydrogen-bond acceptors (Lipinski definition) is 4. The fraction of sp³-hybridized carbons (Fsp3) is 0.222. The summed E-state index contributed by atoms with van der Waals surface area (Å²) in [4.78, 5) is 28.5. The Kier molecular flexibility index (Phi) is 3.31. The lowest BCUT2D eigenvalue weighted by Crippen LogP contribution is -2.29. The predicted molar refractivity (Wildman–Crippen MR) is 90.0 cm³/mol. The van der Waals surface area contributed by atoms with Gasteiger partial charge in [-0.2, -0.15) is 0 Å². The second-order valence-corrected chi connectivity index (χ2v) is 6.57. The fourth-order valence-electron chi connectivity index (χ4n) is 3.18. The van der Waals surface area contributed by atoms with Gasteiger partial charge in [0.1, 0.15) is 5.58 Å². The van der Waals surface area contributed by atoms with Gasteiger partial charge in [0.15, 0.2) is 5.43 Å². The van der Waals surface area contributed by atoms with E-state index in [9.17, 15) is 9.59 Å². The van der Waals surface area contributed by atoms with E-state index in [0.717, 1.165) is 11.3 Å². The number of thiophene rings is 1. The summed E-state index contributed by atoms with van der Waals surface area (Å²) in [5.74, 6) is 0.00338. The first-order chi connectivity index (χ1) is 11.2. The standard InChI is InChI=1S/C18H15NO3S/c1-2-9-19-15(13-8-5-10-23-13)14-16(20)11-6-3-4-7-12(11)22-17(14)18(19)21/h3-8,10,15H,2,9H2,1H3. The van der Waals surface area contributed by atoms with Crippen molar-refractivity contribution < 1.29 is 9.21 Å².